The van der Waals surface area contributed by atoms with E-state index in [9.17, 15) is 14.0 Å². The van der Waals surface area contributed by atoms with Crippen LogP contribution in [0.5, 0.6) is 0 Å². The second-order valence-corrected chi connectivity index (χ2v) is 8.50. The topological polar surface area (TPSA) is 75.2 Å². The van der Waals surface area contributed by atoms with Crippen LogP contribution in [0.3, 0.4) is 0 Å². The maximum atomic E-state index is 13.2. The molecule has 0 radical (unpaired) electrons. The van der Waals surface area contributed by atoms with E-state index in [-0.39, 0.29) is 17.9 Å². The van der Waals surface area contributed by atoms with Gasteiger partial charge in [0.25, 0.3) is 0 Å². The molecule has 138 valence electrons. The largest absolute Gasteiger partial charge is 0.325 e. The first kappa shape index (κ1) is 18.8. The van der Waals surface area contributed by atoms with E-state index in [1.807, 2.05) is 6.92 Å². The van der Waals surface area contributed by atoms with Crippen molar-refractivity contribution in [3.8, 4) is 0 Å². The Morgan fingerprint density at radius 3 is 2.85 bits per heavy atom. The predicted octanol–water partition coefficient (Wildman–Crippen LogP) is 3.70. The Bertz CT molecular complexity index is 810. The number of benzene rings is 1. The molecule has 1 aromatic heterocycles. The van der Waals surface area contributed by atoms with E-state index in [2.05, 4.69) is 15.5 Å². The number of anilines is 2. The zero-order chi connectivity index (χ0) is 18.7. The lowest BCUT2D eigenvalue weighted by Crippen LogP contribution is -2.32. The van der Waals surface area contributed by atoms with E-state index in [0.717, 1.165) is 12.8 Å². The highest BCUT2D eigenvalue weighted by atomic mass is 32.2. The number of aromatic nitrogens is 2. The fraction of sp³-hybridized carbons (Fsp3) is 0.412. The molecular formula is C17H19FN4O2S2. The number of hydrogen-bond acceptors (Lipinski definition) is 6. The number of halogens is 1. The summed E-state index contributed by atoms with van der Waals surface area (Å²) in [5.74, 6) is -0.615. The lowest BCUT2D eigenvalue weighted by molar-refractivity contribution is -0.118. The monoisotopic (exact) mass is 394 g/mol. The fourth-order valence-electron chi connectivity index (χ4n) is 2.33. The van der Waals surface area contributed by atoms with Crippen molar-refractivity contribution in [2.24, 2.45) is 0 Å². The van der Waals surface area contributed by atoms with Crippen LogP contribution in [0, 0.1) is 5.82 Å². The van der Waals surface area contributed by atoms with E-state index in [1.54, 1.807) is 17.9 Å². The van der Waals surface area contributed by atoms with Gasteiger partial charge in [-0.15, -0.1) is 10.2 Å². The summed E-state index contributed by atoms with van der Waals surface area (Å²) >= 11 is 2.58. The minimum absolute atomic E-state index is 0.0390. The third-order valence-corrected chi connectivity index (χ3v) is 5.93. The standard InChI is InChI=1S/C17H19FN4O2S2/c1-3-14(23)22(13-7-8-13)16-20-21-17(26-16)25-10(2)15(24)19-12-6-4-5-11(18)9-12/h4-6,9-10,13H,3,7-8H2,1-2H3,(H,19,24)/t10-/m0/s1. The molecule has 0 spiro atoms. The molecule has 1 aliphatic carbocycles. The lowest BCUT2D eigenvalue weighted by Gasteiger charge is -2.17. The van der Waals surface area contributed by atoms with E-state index < -0.39 is 11.1 Å². The second-order valence-electron chi connectivity index (χ2n) is 5.96. The predicted molar refractivity (Wildman–Crippen MR) is 101 cm³/mol. The molecule has 0 aliphatic heterocycles. The van der Waals surface area contributed by atoms with Gasteiger partial charge in [0.15, 0.2) is 4.34 Å². The molecule has 0 bridgehead atoms. The third-order valence-electron chi connectivity index (χ3n) is 3.82. The van der Waals surface area contributed by atoms with Crippen LogP contribution in [0.2, 0.25) is 0 Å². The van der Waals surface area contributed by atoms with Crippen molar-refractivity contribution in [2.75, 3.05) is 10.2 Å². The van der Waals surface area contributed by atoms with Gasteiger partial charge in [-0.3, -0.25) is 14.5 Å². The van der Waals surface area contributed by atoms with Crippen LogP contribution in [0.1, 0.15) is 33.1 Å². The Labute approximate surface area is 159 Å². The number of nitrogens with zero attached hydrogens (tertiary/aromatic N) is 3. The first-order valence-corrected chi connectivity index (χ1v) is 10.1. The minimum atomic E-state index is -0.435. The van der Waals surface area contributed by atoms with Gasteiger partial charge in [0.1, 0.15) is 5.82 Å². The van der Waals surface area contributed by atoms with Crippen LogP contribution in [-0.2, 0) is 9.59 Å². The highest BCUT2D eigenvalue weighted by Crippen LogP contribution is 2.37. The van der Waals surface area contributed by atoms with Crippen LogP contribution in [0.4, 0.5) is 15.2 Å². The molecule has 0 unspecified atom stereocenters. The smallest absolute Gasteiger partial charge is 0.237 e. The summed E-state index contributed by atoms with van der Waals surface area (Å²) < 4.78 is 13.8. The molecule has 1 heterocycles. The first-order valence-electron chi connectivity index (χ1n) is 8.36. The summed E-state index contributed by atoms with van der Waals surface area (Å²) in [7, 11) is 0. The zero-order valence-corrected chi connectivity index (χ0v) is 16.1. The SMILES string of the molecule is CCC(=O)N(c1nnc(S[C@@H](C)C(=O)Nc2cccc(F)c2)s1)C1CC1. The fourth-order valence-corrected chi connectivity index (χ4v) is 4.41. The van der Waals surface area contributed by atoms with Crippen molar-refractivity contribution in [1.29, 1.82) is 0 Å². The van der Waals surface area contributed by atoms with Crippen LogP contribution in [0.25, 0.3) is 0 Å². The Kier molecular flexibility index (Phi) is 5.87. The van der Waals surface area contributed by atoms with Gasteiger partial charge in [-0.1, -0.05) is 36.1 Å². The van der Waals surface area contributed by atoms with E-state index in [0.29, 0.717) is 21.6 Å². The zero-order valence-electron chi connectivity index (χ0n) is 14.4. The van der Waals surface area contributed by atoms with Crippen molar-refractivity contribution in [3.05, 3.63) is 30.1 Å². The quantitative estimate of drug-likeness (QED) is 0.572. The molecule has 9 heteroatoms. The molecule has 1 atom stereocenters. The number of carbonyl (C=O) groups is 2. The van der Waals surface area contributed by atoms with Crippen LogP contribution in [0.15, 0.2) is 28.6 Å². The summed E-state index contributed by atoms with van der Waals surface area (Å²) in [5, 5.41) is 11.1. The van der Waals surface area contributed by atoms with Crippen molar-refractivity contribution in [2.45, 2.75) is 48.7 Å². The van der Waals surface area contributed by atoms with Crippen molar-refractivity contribution in [3.63, 3.8) is 0 Å². The average Bonchev–Trinajstić information content (AvgIpc) is 3.34. The molecule has 1 aliphatic rings. The van der Waals surface area contributed by atoms with Gasteiger partial charge < -0.3 is 5.32 Å². The molecule has 6 nitrogen and oxygen atoms in total. The lowest BCUT2D eigenvalue weighted by atomic mass is 10.3. The summed E-state index contributed by atoms with van der Waals surface area (Å²) in [5.41, 5.74) is 0.411. The van der Waals surface area contributed by atoms with Crippen molar-refractivity contribution >= 4 is 45.7 Å². The molecule has 1 N–H and O–H groups in total. The highest BCUT2D eigenvalue weighted by Gasteiger charge is 2.35. The molecule has 3 rings (SSSR count). The molecule has 1 aromatic carbocycles. The summed E-state index contributed by atoms with van der Waals surface area (Å²) in [6.07, 6.45) is 2.39. The maximum Gasteiger partial charge on any atom is 0.237 e. The number of carbonyl (C=O) groups excluding carboxylic acids is 2. The number of amides is 2. The number of hydrogen-bond donors (Lipinski definition) is 1. The Morgan fingerprint density at radius 2 is 2.19 bits per heavy atom. The summed E-state index contributed by atoms with van der Waals surface area (Å²) in [6, 6.07) is 5.98. The number of thioether (sulfide) groups is 1. The van der Waals surface area contributed by atoms with Gasteiger partial charge >= 0.3 is 0 Å². The van der Waals surface area contributed by atoms with E-state index in [1.165, 1.54) is 41.3 Å². The third kappa shape index (κ3) is 4.59. The van der Waals surface area contributed by atoms with Gasteiger partial charge in [0, 0.05) is 18.2 Å². The molecule has 2 amide bonds. The number of nitrogens with one attached hydrogen (secondary N) is 1. The van der Waals surface area contributed by atoms with Crippen LogP contribution < -0.4 is 10.2 Å². The van der Waals surface area contributed by atoms with Crippen LogP contribution in [-0.4, -0.2) is 33.3 Å². The van der Waals surface area contributed by atoms with Gasteiger partial charge in [0.2, 0.25) is 16.9 Å². The number of rotatable bonds is 7. The Balaban J connectivity index is 1.62. The van der Waals surface area contributed by atoms with Gasteiger partial charge in [-0.05, 0) is 38.0 Å². The molecule has 1 saturated carbocycles. The van der Waals surface area contributed by atoms with Gasteiger partial charge in [0.05, 0.1) is 5.25 Å². The molecule has 2 aromatic rings. The van der Waals surface area contributed by atoms with Gasteiger partial charge in [-0.25, -0.2) is 4.39 Å². The van der Waals surface area contributed by atoms with E-state index >= 15 is 0 Å². The molecule has 1 fully saturated rings. The average molecular weight is 394 g/mol. The summed E-state index contributed by atoms with van der Waals surface area (Å²) in [6.45, 7) is 3.57. The van der Waals surface area contributed by atoms with Crippen LogP contribution >= 0.6 is 23.1 Å². The Hall–Kier alpha value is -2.00. The normalized spacial score (nSPS) is 14.7. The van der Waals surface area contributed by atoms with Crippen molar-refractivity contribution in [1.82, 2.24) is 10.2 Å². The van der Waals surface area contributed by atoms with E-state index in [4.69, 9.17) is 0 Å². The van der Waals surface area contributed by atoms with Gasteiger partial charge in [-0.2, -0.15) is 0 Å². The molecule has 26 heavy (non-hydrogen) atoms. The second kappa shape index (κ2) is 8.13. The minimum Gasteiger partial charge on any atom is -0.325 e. The summed E-state index contributed by atoms with van der Waals surface area (Å²) in [4.78, 5) is 26.1. The maximum absolute atomic E-state index is 13.2. The Morgan fingerprint density at radius 1 is 1.42 bits per heavy atom. The van der Waals surface area contributed by atoms with Crippen molar-refractivity contribution < 1.29 is 14.0 Å². The molecule has 0 saturated heterocycles. The molecular weight excluding hydrogens is 375 g/mol. The first-order chi connectivity index (χ1) is 12.5. The highest BCUT2D eigenvalue weighted by molar-refractivity contribution is 8.02.